The highest BCUT2D eigenvalue weighted by molar-refractivity contribution is 15.0. The van der Waals surface area contributed by atoms with Crippen LogP contribution >= 0.6 is 225 Å². The monoisotopic (exact) mass is 2610 g/mol. The van der Waals surface area contributed by atoms with Gasteiger partial charge in [-0.3, -0.25) is 0 Å². The molecule has 620 valence electrons. The Hall–Kier alpha value is -5.30. The maximum atomic E-state index is 9.58. The quantitative estimate of drug-likeness (QED) is 0.0645. The maximum absolute atomic E-state index is 9.58. The lowest BCUT2D eigenvalue weighted by atomic mass is 9.74. The van der Waals surface area contributed by atoms with Gasteiger partial charge in [-0.05, 0) is 302 Å². The van der Waals surface area contributed by atoms with Crippen LogP contribution < -0.4 is 31.7 Å². The van der Waals surface area contributed by atoms with Crippen LogP contribution in [0, 0.1) is 39.5 Å². The van der Waals surface area contributed by atoms with E-state index in [1.807, 2.05) is 72.8 Å². The highest BCUT2D eigenvalue weighted by atomic mass is 128. The van der Waals surface area contributed by atoms with Crippen molar-refractivity contribution >= 4 is 336 Å². The molecule has 4 aliphatic carbocycles. The molecular formula is C105H82BBr6Cl3I5NO2. The molecule has 0 spiro atoms. The summed E-state index contributed by atoms with van der Waals surface area (Å²) in [6.07, 6.45) is 18.0. The fraction of sp³-hybridized carbons (Fsp3) is 0.0857. The molecule has 16 aromatic carbocycles. The second-order valence-electron chi connectivity index (χ2n) is 29.4. The summed E-state index contributed by atoms with van der Waals surface area (Å²) in [6.45, 7) is 8.62. The van der Waals surface area contributed by atoms with Gasteiger partial charge in [0.2, 0.25) is 0 Å². The Labute approximate surface area is 848 Å². The summed E-state index contributed by atoms with van der Waals surface area (Å²) in [4.78, 5) is 0. The maximum Gasteiger partial charge on any atom is 0.489 e. The normalized spacial score (nSPS) is 13.5. The first-order chi connectivity index (χ1) is 59.4. The standard InChI is InChI=1S/C35H24Br2.C35H26.C14H11BO2.C13H13N.C7H6Br2.CHCl3.Br2.2I2.HI/c1-21-18-22(32-24-10-2-6-14-28(24)34(36)29-15-7-3-11-25(29)32)20-23(19-21)33-26-12-4-8-16-30(26)35(37)31-17-9-5-13-27(31)33;1-23-18-28(34-30-14-6-2-10-24(30)20-25-11-3-7-15-31(25)34)22-29(19-23)35-32-16-8-4-12-26(32)21-27-13-5-9-17-33(27)35;16-15(17)14-12-7-3-1-5-10(12)9-11-6-2-4-8-13(11)14;1-11-7-9-13(10-8-11)14-12-5-3-2-4-6-12;1-5-2-6(8)4-7(9)3-5;2-1(3)4;3*1-2;/h2-12,14-20,27H,13H2,1H3;2-16,18-22,33H,17H2,1H3;1-9,16-17H;2-10,14H,1H3;2-4H,1H3;1H;;;;1H. The lowest BCUT2D eigenvalue weighted by Crippen LogP contribution is -2.36. The Morgan fingerprint density at radius 1 is 0.374 bits per heavy atom. The van der Waals surface area contributed by atoms with Crippen LogP contribution in [0.3, 0.4) is 0 Å². The van der Waals surface area contributed by atoms with E-state index in [9.17, 15) is 10.0 Å². The average molecular weight is 2620 g/mol. The number of benzene rings is 16. The van der Waals surface area contributed by atoms with Crippen LogP contribution in [0.2, 0.25) is 0 Å². The second kappa shape index (κ2) is 48.4. The topological polar surface area (TPSA) is 52.5 Å². The van der Waals surface area contributed by atoms with Crippen molar-refractivity contribution in [3.8, 4) is 22.3 Å². The third kappa shape index (κ3) is 24.4. The van der Waals surface area contributed by atoms with Crippen molar-refractivity contribution < 1.29 is 10.0 Å². The summed E-state index contributed by atoms with van der Waals surface area (Å²) in [5.41, 5.74) is 21.5. The van der Waals surface area contributed by atoms with Crippen LogP contribution in [0.5, 0.6) is 0 Å². The summed E-state index contributed by atoms with van der Waals surface area (Å²) >= 11 is 43.0. The van der Waals surface area contributed by atoms with Gasteiger partial charge in [0.1, 0.15) is 0 Å². The molecule has 20 rings (SSSR count). The van der Waals surface area contributed by atoms with Crippen LogP contribution in [0.1, 0.15) is 46.2 Å². The van der Waals surface area contributed by atoms with Gasteiger partial charge in [-0.25, -0.2) is 0 Å². The predicted octanol–water partition coefficient (Wildman–Crippen LogP) is 33.2. The van der Waals surface area contributed by atoms with E-state index in [-0.39, 0.29) is 24.0 Å². The molecule has 0 heterocycles. The highest BCUT2D eigenvalue weighted by Crippen LogP contribution is 2.46. The zero-order valence-electron chi connectivity index (χ0n) is 67.0. The molecule has 0 fully saturated rings. The molecule has 3 nitrogen and oxygen atoms in total. The van der Waals surface area contributed by atoms with Crippen LogP contribution in [0.15, 0.2) is 376 Å². The molecule has 0 bridgehead atoms. The Morgan fingerprint density at radius 3 is 1.24 bits per heavy atom. The Bertz CT molecular complexity index is 6660. The van der Waals surface area contributed by atoms with Gasteiger partial charge >= 0.3 is 7.12 Å². The van der Waals surface area contributed by atoms with Gasteiger partial charge in [0.25, 0.3) is 0 Å². The van der Waals surface area contributed by atoms with Crippen LogP contribution in [-0.2, 0) is 0 Å². The van der Waals surface area contributed by atoms with Crippen LogP contribution in [-0.4, -0.2) is 21.5 Å². The largest absolute Gasteiger partial charge is 0.489 e. The number of nitrogens with one attached hydrogen (secondary N) is 1. The molecule has 2 unspecified atom stereocenters. The fourth-order valence-electron chi connectivity index (χ4n) is 16.6. The lowest BCUT2D eigenvalue weighted by Gasteiger charge is -2.29. The first-order valence-corrected chi connectivity index (χ1v) is 59.9. The molecule has 2 atom stereocenters. The Kier molecular flexibility index (Phi) is 38.7. The average Bonchev–Trinajstić information content (AvgIpc) is 0.741. The molecular weight excluding hydrogens is 2540 g/mol. The van der Waals surface area contributed by atoms with E-state index in [0.29, 0.717) is 17.3 Å². The Balaban J connectivity index is 0.000000156. The molecule has 0 aliphatic heterocycles. The van der Waals surface area contributed by atoms with Crippen molar-refractivity contribution in [1.82, 2.24) is 0 Å². The van der Waals surface area contributed by atoms with Crippen molar-refractivity contribution in [3.63, 3.8) is 0 Å². The molecule has 18 heteroatoms. The number of allylic oxidation sites excluding steroid dienone is 8. The van der Waals surface area contributed by atoms with Crippen molar-refractivity contribution in [2.75, 3.05) is 5.32 Å². The minimum Gasteiger partial charge on any atom is -0.423 e. The van der Waals surface area contributed by atoms with Gasteiger partial charge in [-0.1, -0.05) is 363 Å². The number of fused-ring (bicyclic) bond motifs is 10. The molecule has 0 radical (unpaired) electrons. The predicted molar refractivity (Wildman–Crippen MR) is 604 cm³/mol. The molecule has 3 N–H and O–H groups in total. The number of hydrogen-bond acceptors (Lipinski definition) is 3. The van der Waals surface area contributed by atoms with Crippen molar-refractivity contribution in [3.05, 3.63) is 431 Å². The van der Waals surface area contributed by atoms with E-state index in [1.54, 1.807) is 0 Å². The van der Waals surface area contributed by atoms with Gasteiger partial charge in [-0.15, -0.1) is 24.0 Å². The number of alkyl halides is 3. The molecule has 16 aromatic rings. The first-order valence-electron chi connectivity index (χ1n) is 39.1. The van der Waals surface area contributed by atoms with Crippen LogP contribution in [0.4, 0.5) is 11.4 Å². The molecule has 0 aromatic heterocycles. The number of aryl methyl sites for hydroxylation is 4. The number of halogens is 14. The smallest absolute Gasteiger partial charge is 0.423 e. The van der Waals surface area contributed by atoms with E-state index < -0.39 is 11.4 Å². The summed E-state index contributed by atoms with van der Waals surface area (Å²) in [7, 11) is -1.45. The van der Waals surface area contributed by atoms with Crippen molar-refractivity contribution in [2.45, 2.75) is 44.8 Å². The molecule has 0 saturated carbocycles. The lowest BCUT2D eigenvalue weighted by molar-refractivity contribution is 0.426. The van der Waals surface area contributed by atoms with Crippen molar-refractivity contribution in [2.24, 2.45) is 11.8 Å². The zero-order chi connectivity index (χ0) is 86.5. The molecule has 0 amide bonds. The SMILES string of the molecule is BrBr.Cc1cc(Br)cc(Br)c1.Cc1cc(C2=c3ccccc3=C(Br)C3=CC=CCC32)cc(-c2c3ccccc3c(Br)c3ccccc23)c1.Cc1cc(C2=c3ccccc3=CC3=CC=CCC32)cc(-c2c3ccccc3cc3ccccc23)c1.Cc1ccc(Nc2ccccc2)cc1.ClC(Cl)Cl.I.II.II.OB(O)c1c2ccccc2cc2ccccc12. The van der Waals surface area contributed by atoms with Gasteiger partial charge < -0.3 is 15.4 Å². The van der Waals surface area contributed by atoms with Gasteiger partial charge in [0.05, 0.1) is 0 Å². The number of anilines is 2. The molecule has 123 heavy (non-hydrogen) atoms. The number of hydrogen-bond donors (Lipinski definition) is 3. The second-order valence-corrected chi connectivity index (χ2v) is 34.8. The summed E-state index contributed by atoms with van der Waals surface area (Å²) in [5.74, 6) is 0.733. The minimum absolute atomic E-state index is 0. The third-order valence-corrected chi connectivity index (χ3v) is 24.2. The summed E-state index contributed by atoms with van der Waals surface area (Å²) in [5, 5.41) is 41.8. The number of rotatable bonds is 7. The summed E-state index contributed by atoms with van der Waals surface area (Å²) in [6, 6.07) is 112. The highest BCUT2D eigenvalue weighted by Gasteiger charge is 2.30. The Morgan fingerprint density at radius 2 is 0.748 bits per heavy atom. The van der Waals surface area contributed by atoms with Crippen LogP contribution in [0.25, 0.3) is 109 Å². The zero-order valence-corrected chi connectivity index (χ0v) is 89.7. The van der Waals surface area contributed by atoms with Gasteiger partial charge in [0, 0.05) is 144 Å². The van der Waals surface area contributed by atoms with E-state index in [0.717, 1.165) is 59.2 Å². The fourth-order valence-corrected chi connectivity index (χ4v) is 19.6. The van der Waals surface area contributed by atoms with Gasteiger partial charge in [-0.2, -0.15) is 0 Å². The van der Waals surface area contributed by atoms with E-state index >= 15 is 0 Å². The van der Waals surface area contributed by atoms with Crippen molar-refractivity contribution in [1.29, 1.82) is 0 Å². The third-order valence-electron chi connectivity index (χ3n) is 21.5. The first kappa shape index (κ1) is 98.3. The van der Waals surface area contributed by atoms with Gasteiger partial charge in [0.15, 0.2) is 4.30 Å². The van der Waals surface area contributed by atoms with E-state index in [1.165, 1.54) is 146 Å². The molecule has 0 saturated heterocycles. The van der Waals surface area contributed by atoms with E-state index in [2.05, 4.69) is 485 Å². The van der Waals surface area contributed by atoms with E-state index in [4.69, 9.17) is 34.8 Å². The molecule has 4 aliphatic rings. The number of para-hydroxylation sites is 1. The minimum atomic E-state index is -1.45. The summed E-state index contributed by atoms with van der Waals surface area (Å²) < 4.78 is 3.87.